The average molecular weight is 428 g/mol. The van der Waals surface area contributed by atoms with Crippen molar-refractivity contribution in [3.05, 3.63) is 78.4 Å². The molecule has 0 radical (unpaired) electrons. The Bertz CT molecular complexity index is 1130. The Hall–Kier alpha value is -3.60. The molecule has 0 aliphatic carbocycles. The molecule has 32 heavy (non-hydrogen) atoms. The van der Waals surface area contributed by atoms with Gasteiger partial charge in [-0.2, -0.15) is 0 Å². The number of aromatic amines is 1. The van der Waals surface area contributed by atoms with Gasteiger partial charge in [-0.15, -0.1) is 0 Å². The van der Waals surface area contributed by atoms with E-state index in [0.717, 1.165) is 40.3 Å². The molecule has 0 aliphatic rings. The van der Waals surface area contributed by atoms with Crippen LogP contribution in [0, 0.1) is 0 Å². The Morgan fingerprint density at radius 3 is 2.56 bits per heavy atom. The third-order valence-corrected chi connectivity index (χ3v) is 5.42. The third kappa shape index (κ3) is 5.55. The van der Waals surface area contributed by atoms with Crippen molar-refractivity contribution in [3.8, 4) is 17.1 Å². The molecule has 1 aromatic heterocycles. The van der Waals surface area contributed by atoms with Gasteiger partial charge in [-0.25, -0.2) is 4.98 Å². The van der Waals surface area contributed by atoms with E-state index in [2.05, 4.69) is 22.2 Å². The number of rotatable bonds is 10. The predicted molar refractivity (Wildman–Crippen MR) is 130 cm³/mol. The molecule has 164 valence electrons. The van der Waals surface area contributed by atoms with Gasteiger partial charge in [0.05, 0.1) is 17.6 Å². The van der Waals surface area contributed by atoms with Crippen molar-refractivity contribution >= 4 is 22.6 Å². The number of amides is 1. The van der Waals surface area contributed by atoms with E-state index in [1.54, 1.807) is 12.1 Å². The van der Waals surface area contributed by atoms with Crippen LogP contribution in [0.25, 0.3) is 22.4 Å². The van der Waals surface area contributed by atoms with E-state index in [1.807, 2.05) is 60.7 Å². The minimum atomic E-state index is -0.155. The molecule has 1 amide bonds. The number of H-pyrrole nitrogens is 1. The van der Waals surface area contributed by atoms with Crippen LogP contribution in [-0.2, 0) is 0 Å². The van der Waals surface area contributed by atoms with E-state index in [4.69, 9.17) is 4.74 Å². The minimum absolute atomic E-state index is 0.155. The van der Waals surface area contributed by atoms with Gasteiger partial charge in [-0.1, -0.05) is 56.9 Å². The fourth-order valence-corrected chi connectivity index (χ4v) is 3.64. The van der Waals surface area contributed by atoms with Crippen LogP contribution < -0.4 is 10.1 Å². The summed E-state index contributed by atoms with van der Waals surface area (Å²) in [6, 6.07) is 22.9. The number of hydrogen-bond acceptors (Lipinski definition) is 3. The normalized spacial score (nSPS) is 10.9. The molecular formula is C27H29N3O2. The number of benzene rings is 3. The highest BCUT2D eigenvalue weighted by molar-refractivity contribution is 6.04. The number of para-hydroxylation sites is 2. The highest BCUT2D eigenvalue weighted by atomic mass is 16.5. The first-order valence-electron chi connectivity index (χ1n) is 11.3. The number of aromatic nitrogens is 2. The summed E-state index contributed by atoms with van der Waals surface area (Å²) in [4.78, 5) is 20.7. The largest absolute Gasteiger partial charge is 0.494 e. The topological polar surface area (TPSA) is 67.0 Å². The first kappa shape index (κ1) is 21.6. The van der Waals surface area contributed by atoms with E-state index in [0.29, 0.717) is 12.2 Å². The van der Waals surface area contributed by atoms with Gasteiger partial charge in [0, 0.05) is 16.8 Å². The summed E-state index contributed by atoms with van der Waals surface area (Å²) in [5.41, 5.74) is 4.14. The number of fused-ring (bicyclic) bond motifs is 1. The summed E-state index contributed by atoms with van der Waals surface area (Å²) in [5, 5.41) is 2.97. The lowest BCUT2D eigenvalue weighted by Gasteiger charge is -2.09. The van der Waals surface area contributed by atoms with Gasteiger partial charge < -0.3 is 15.0 Å². The second-order valence-corrected chi connectivity index (χ2v) is 7.92. The minimum Gasteiger partial charge on any atom is -0.494 e. The van der Waals surface area contributed by atoms with Crippen molar-refractivity contribution in [3.63, 3.8) is 0 Å². The summed E-state index contributed by atoms with van der Waals surface area (Å²) in [6.45, 7) is 2.93. The fourth-order valence-electron chi connectivity index (χ4n) is 3.64. The van der Waals surface area contributed by atoms with Crippen molar-refractivity contribution in [1.29, 1.82) is 0 Å². The van der Waals surface area contributed by atoms with E-state index >= 15 is 0 Å². The number of hydrogen-bond donors (Lipinski definition) is 2. The van der Waals surface area contributed by atoms with Crippen LogP contribution in [-0.4, -0.2) is 22.5 Å². The molecule has 0 unspecified atom stereocenters. The van der Waals surface area contributed by atoms with E-state index in [9.17, 15) is 4.79 Å². The van der Waals surface area contributed by atoms with Gasteiger partial charge in [-0.3, -0.25) is 4.79 Å². The number of carbonyl (C=O) groups is 1. The summed E-state index contributed by atoms with van der Waals surface area (Å²) in [5.74, 6) is 1.42. The van der Waals surface area contributed by atoms with Crippen LogP contribution in [0.5, 0.6) is 5.75 Å². The molecule has 0 saturated heterocycles. The Kier molecular flexibility index (Phi) is 7.18. The number of ether oxygens (including phenoxy) is 1. The zero-order valence-corrected chi connectivity index (χ0v) is 18.4. The van der Waals surface area contributed by atoms with Crippen LogP contribution in [0.15, 0.2) is 72.8 Å². The maximum atomic E-state index is 12.7. The molecule has 4 rings (SSSR count). The number of unbranched alkanes of at least 4 members (excludes halogenated alkanes) is 4. The molecular weight excluding hydrogens is 398 g/mol. The number of imidazole rings is 1. The standard InChI is InChI=1S/C27H29N3O2/c1-2-3-4-5-8-18-32-23-16-14-20(15-17-23)27(31)28-22-11-9-10-21(19-22)26-29-24-12-6-7-13-25(24)30-26/h6-7,9-17,19H,2-5,8,18H2,1H3,(H,28,31)(H,29,30). The van der Waals surface area contributed by atoms with E-state index in [1.165, 1.54) is 25.7 Å². The second-order valence-electron chi connectivity index (χ2n) is 7.92. The highest BCUT2D eigenvalue weighted by Gasteiger charge is 2.09. The Labute approximate surface area is 188 Å². The molecule has 0 aliphatic heterocycles. The zero-order valence-electron chi connectivity index (χ0n) is 18.4. The van der Waals surface area contributed by atoms with Crippen LogP contribution >= 0.6 is 0 Å². The van der Waals surface area contributed by atoms with Crippen molar-refractivity contribution in [2.45, 2.75) is 39.0 Å². The molecule has 4 aromatic rings. The molecule has 0 atom stereocenters. The van der Waals surface area contributed by atoms with Gasteiger partial charge >= 0.3 is 0 Å². The van der Waals surface area contributed by atoms with Gasteiger partial charge in [-0.05, 0) is 55.0 Å². The smallest absolute Gasteiger partial charge is 0.255 e. The molecule has 0 fully saturated rings. The summed E-state index contributed by atoms with van der Waals surface area (Å²) < 4.78 is 5.79. The van der Waals surface area contributed by atoms with E-state index in [-0.39, 0.29) is 5.91 Å². The number of nitrogens with one attached hydrogen (secondary N) is 2. The van der Waals surface area contributed by atoms with Gasteiger partial charge in [0.25, 0.3) is 5.91 Å². The zero-order chi connectivity index (χ0) is 22.2. The lowest BCUT2D eigenvalue weighted by molar-refractivity contribution is 0.102. The lowest BCUT2D eigenvalue weighted by atomic mass is 10.1. The molecule has 1 heterocycles. The third-order valence-electron chi connectivity index (χ3n) is 5.42. The maximum Gasteiger partial charge on any atom is 0.255 e. The number of nitrogens with zero attached hydrogens (tertiary/aromatic N) is 1. The summed E-state index contributed by atoms with van der Waals surface area (Å²) in [7, 11) is 0. The van der Waals surface area contributed by atoms with E-state index < -0.39 is 0 Å². The number of carbonyl (C=O) groups excluding carboxylic acids is 1. The van der Waals surface area contributed by atoms with Crippen molar-refractivity contribution in [2.24, 2.45) is 0 Å². The van der Waals surface area contributed by atoms with Crippen molar-refractivity contribution < 1.29 is 9.53 Å². The Morgan fingerprint density at radius 1 is 0.938 bits per heavy atom. The monoisotopic (exact) mass is 427 g/mol. The van der Waals surface area contributed by atoms with Crippen LogP contribution in [0.2, 0.25) is 0 Å². The Balaban J connectivity index is 1.35. The molecule has 0 spiro atoms. The van der Waals surface area contributed by atoms with Gasteiger partial charge in [0.1, 0.15) is 11.6 Å². The van der Waals surface area contributed by atoms with Crippen LogP contribution in [0.1, 0.15) is 49.4 Å². The van der Waals surface area contributed by atoms with Crippen LogP contribution in [0.4, 0.5) is 5.69 Å². The van der Waals surface area contributed by atoms with Crippen molar-refractivity contribution in [2.75, 3.05) is 11.9 Å². The second kappa shape index (κ2) is 10.6. The highest BCUT2D eigenvalue weighted by Crippen LogP contribution is 2.23. The van der Waals surface area contributed by atoms with Crippen molar-refractivity contribution in [1.82, 2.24) is 9.97 Å². The van der Waals surface area contributed by atoms with Crippen LogP contribution in [0.3, 0.4) is 0 Å². The SMILES string of the molecule is CCCCCCCOc1ccc(C(=O)Nc2cccc(-c3nc4ccccc4[nH]3)c2)cc1. The Morgan fingerprint density at radius 2 is 1.75 bits per heavy atom. The summed E-state index contributed by atoms with van der Waals surface area (Å²) >= 11 is 0. The quantitative estimate of drug-likeness (QED) is 0.273. The van der Waals surface area contributed by atoms with Gasteiger partial charge in [0.2, 0.25) is 0 Å². The van der Waals surface area contributed by atoms with Gasteiger partial charge in [0.15, 0.2) is 0 Å². The molecule has 3 aromatic carbocycles. The predicted octanol–water partition coefficient (Wildman–Crippen LogP) is 6.83. The average Bonchev–Trinajstić information content (AvgIpc) is 3.26. The first-order chi connectivity index (χ1) is 15.7. The fraction of sp³-hybridized carbons (Fsp3) is 0.259. The lowest BCUT2D eigenvalue weighted by Crippen LogP contribution is -2.11. The summed E-state index contributed by atoms with van der Waals surface area (Å²) in [6.07, 6.45) is 6.04. The molecule has 2 N–H and O–H groups in total. The molecule has 5 nitrogen and oxygen atoms in total. The first-order valence-corrected chi connectivity index (χ1v) is 11.3. The molecule has 5 heteroatoms. The molecule has 0 saturated carbocycles. The molecule has 0 bridgehead atoms. The number of anilines is 1. The maximum absolute atomic E-state index is 12.7.